The van der Waals surface area contributed by atoms with Crippen LogP contribution in [0.5, 0.6) is 0 Å². The minimum absolute atomic E-state index is 0.739. The van der Waals surface area contributed by atoms with Gasteiger partial charge in [-0.2, -0.15) is 0 Å². The number of hydrogen-bond acceptors (Lipinski definition) is 3. The van der Waals surface area contributed by atoms with Crippen molar-refractivity contribution in [2.24, 2.45) is 0 Å². The summed E-state index contributed by atoms with van der Waals surface area (Å²) in [6.07, 6.45) is 0. The van der Waals surface area contributed by atoms with Crippen LogP contribution in [0.2, 0.25) is 0 Å². The Morgan fingerprint density at radius 3 is 2.27 bits per heavy atom. The topological polar surface area (TPSA) is 21.7 Å². The zero-order valence-corrected chi connectivity index (χ0v) is 7.80. The van der Waals surface area contributed by atoms with Gasteiger partial charge >= 0.3 is 0 Å². The lowest BCUT2D eigenvalue weighted by Gasteiger charge is -2.25. The highest BCUT2D eigenvalue weighted by Gasteiger charge is 2.07. The second-order valence-electron chi connectivity index (χ2n) is 2.15. The van der Waals surface area contributed by atoms with Gasteiger partial charge in [0.15, 0.2) is 0 Å². The van der Waals surface area contributed by atoms with Gasteiger partial charge in [-0.25, -0.2) is 0 Å². The van der Waals surface area contributed by atoms with Crippen LogP contribution < -0.4 is 0 Å². The number of hydrogen-bond donors (Lipinski definition) is 0. The third-order valence-corrected chi connectivity index (χ3v) is 1.42. The van der Waals surface area contributed by atoms with E-state index < -0.39 is 0 Å². The van der Waals surface area contributed by atoms with Gasteiger partial charge in [-0.05, 0) is 0 Å². The van der Waals surface area contributed by atoms with Gasteiger partial charge in [-0.1, -0.05) is 13.8 Å². The minimum atomic E-state index is 0.739. The van der Waals surface area contributed by atoms with Crippen molar-refractivity contribution in [2.45, 2.75) is 13.8 Å². The number of rotatable bonds is 2. The van der Waals surface area contributed by atoms with E-state index in [0.717, 1.165) is 33.0 Å². The van der Waals surface area contributed by atoms with Gasteiger partial charge in [-0.3, -0.25) is 4.90 Å². The second kappa shape index (κ2) is 7.98. The molecule has 68 valence electrons. The predicted molar refractivity (Wildman–Crippen MR) is 45.6 cm³/mol. The van der Waals surface area contributed by atoms with Crippen LogP contribution >= 0.6 is 0 Å². The monoisotopic (exact) mass is 161 g/mol. The van der Waals surface area contributed by atoms with Crippen LogP contribution in [0.4, 0.5) is 0 Å². The second-order valence-corrected chi connectivity index (χ2v) is 2.15. The maximum Gasteiger partial charge on any atom is 0.0987 e. The van der Waals surface area contributed by atoms with Gasteiger partial charge in [-0.15, -0.1) is 0 Å². The number of methoxy groups -OCH3 is 1. The van der Waals surface area contributed by atoms with Crippen molar-refractivity contribution in [3.05, 3.63) is 0 Å². The molecule has 0 aromatic heterocycles. The lowest BCUT2D eigenvalue weighted by molar-refractivity contribution is -0.0178. The molecule has 1 aliphatic heterocycles. The summed E-state index contributed by atoms with van der Waals surface area (Å²) in [5.41, 5.74) is 0. The van der Waals surface area contributed by atoms with Gasteiger partial charge in [0.2, 0.25) is 0 Å². The first kappa shape index (κ1) is 10.9. The fraction of sp³-hybridized carbons (Fsp3) is 1.00. The molecular weight excluding hydrogens is 142 g/mol. The molecule has 0 bridgehead atoms. The van der Waals surface area contributed by atoms with Crippen LogP contribution in [-0.4, -0.2) is 45.0 Å². The molecule has 1 rings (SSSR count). The molecular formula is C8H19NO2. The van der Waals surface area contributed by atoms with Crippen LogP contribution in [0, 0.1) is 0 Å². The van der Waals surface area contributed by atoms with Crippen LogP contribution in [0.25, 0.3) is 0 Å². The Labute approximate surface area is 69.3 Å². The van der Waals surface area contributed by atoms with E-state index >= 15 is 0 Å². The molecule has 3 heteroatoms. The quantitative estimate of drug-likeness (QED) is 0.602. The molecule has 1 saturated heterocycles. The first-order chi connectivity index (χ1) is 5.43. The smallest absolute Gasteiger partial charge is 0.0987 e. The fourth-order valence-corrected chi connectivity index (χ4v) is 0.913. The molecule has 0 aromatic rings. The average Bonchev–Trinajstić information content (AvgIpc) is 2.11. The largest absolute Gasteiger partial charge is 0.379 e. The van der Waals surface area contributed by atoms with Crippen molar-refractivity contribution in [1.29, 1.82) is 0 Å². The average molecular weight is 161 g/mol. The van der Waals surface area contributed by atoms with E-state index in [1.165, 1.54) is 0 Å². The van der Waals surface area contributed by atoms with Crippen molar-refractivity contribution in [2.75, 3.05) is 40.1 Å². The molecule has 1 fully saturated rings. The summed E-state index contributed by atoms with van der Waals surface area (Å²) in [7, 11) is 1.72. The standard InChI is InChI=1S/C6H13NO2.C2H6/c1-8-6-7-2-4-9-5-3-7;1-2/h2-6H2,1H3;1-2H3. The summed E-state index contributed by atoms with van der Waals surface area (Å²) >= 11 is 0. The molecule has 0 atom stereocenters. The first-order valence-corrected chi connectivity index (χ1v) is 4.22. The molecule has 3 nitrogen and oxygen atoms in total. The Hall–Kier alpha value is -0.120. The summed E-state index contributed by atoms with van der Waals surface area (Å²) in [5, 5.41) is 0. The van der Waals surface area contributed by atoms with E-state index in [9.17, 15) is 0 Å². The van der Waals surface area contributed by atoms with Crippen LogP contribution in [0.15, 0.2) is 0 Å². The molecule has 0 aliphatic carbocycles. The SMILES string of the molecule is CC.COCN1CCOCC1. The van der Waals surface area contributed by atoms with E-state index in [1.807, 2.05) is 13.8 Å². The number of morpholine rings is 1. The van der Waals surface area contributed by atoms with Crippen molar-refractivity contribution in [3.8, 4) is 0 Å². The van der Waals surface area contributed by atoms with E-state index in [0.29, 0.717) is 0 Å². The molecule has 0 saturated carbocycles. The molecule has 0 unspecified atom stereocenters. The molecule has 1 aliphatic rings. The summed E-state index contributed by atoms with van der Waals surface area (Å²) in [5.74, 6) is 0. The summed E-state index contributed by atoms with van der Waals surface area (Å²) in [4.78, 5) is 2.23. The molecule has 0 aromatic carbocycles. The summed E-state index contributed by atoms with van der Waals surface area (Å²) in [6.45, 7) is 8.46. The Balaban J connectivity index is 0.000000461. The third kappa shape index (κ3) is 5.18. The molecule has 0 amide bonds. The van der Waals surface area contributed by atoms with Gasteiger partial charge in [0.05, 0.1) is 19.9 Å². The van der Waals surface area contributed by atoms with Crippen LogP contribution in [0.1, 0.15) is 13.8 Å². The Bertz CT molecular complexity index is 69.7. The van der Waals surface area contributed by atoms with E-state index in [2.05, 4.69) is 4.90 Å². The fourth-order valence-electron chi connectivity index (χ4n) is 0.913. The minimum Gasteiger partial charge on any atom is -0.379 e. The van der Waals surface area contributed by atoms with E-state index in [-0.39, 0.29) is 0 Å². The zero-order valence-electron chi connectivity index (χ0n) is 7.80. The van der Waals surface area contributed by atoms with E-state index in [4.69, 9.17) is 9.47 Å². The molecule has 0 radical (unpaired) electrons. The lowest BCUT2D eigenvalue weighted by Crippen LogP contribution is -2.37. The Morgan fingerprint density at radius 2 is 1.82 bits per heavy atom. The zero-order chi connectivity index (χ0) is 8.53. The lowest BCUT2D eigenvalue weighted by atomic mass is 10.5. The highest BCUT2D eigenvalue weighted by Crippen LogP contribution is 1.94. The molecule has 11 heavy (non-hydrogen) atoms. The van der Waals surface area contributed by atoms with Crippen molar-refractivity contribution in [1.82, 2.24) is 4.90 Å². The predicted octanol–water partition coefficient (Wildman–Crippen LogP) is 0.949. The van der Waals surface area contributed by atoms with Crippen molar-refractivity contribution in [3.63, 3.8) is 0 Å². The first-order valence-electron chi connectivity index (χ1n) is 4.22. The highest BCUT2D eigenvalue weighted by atomic mass is 16.5. The highest BCUT2D eigenvalue weighted by molar-refractivity contribution is 4.56. The van der Waals surface area contributed by atoms with Crippen molar-refractivity contribution < 1.29 is 9.47 Å². The Morgan fingerprint density at radius 1 is 1.27 bits per heavy atom. The van der Waals surface area contributed by atoms with Crippen LogP contribution in [-0.2, 0) is 9.47 Å². The van der Waals surface area contributed by atoms with Crippen molar-refractivity contribution >= 4 is 0 Å². The maximum atomic E-state index is 5.15. The van der Waals surface area contributed by atoms with Crippen LogP contribution in [0.3, 0.4) is 0 Å². The maximum absolute atomic E-state index is 5.15. The number of ether oxygens (including phenoxy) is 2. The molecule has 1 heterocycles. The normalized spacial score (nSPS) is 18.8. The van der Waals surface area contributed by atoms with Gasteiger partial charge in [0, 0.05) is 20.2 Å². The third-order valence-electron chi connectivity index (χ3n) is 1.42. The summed E-state index contributed by atoms with van der Waals surface area (Å²) in [6, 6.07) is 0. The molecule has 0 N–H and O–H groups in total. The van der Waals surface area contributed by atoms with Gasteiger partial charge in [0.25, 0.3) is 0 Å². The van der Waals surface area contributed by atoms with Gasteiger partial charge in [0.1, 0.15) is 0 Å². The van der Waals surface area contributed by atoms with Gasteiger partial charge < -0.3 is 9.47 Å². The molecule has 0 spiro atoms. The summed E-state index contributed by atoms with van der Waals surface area (Å²) < 4.78 is 10.1. The van der Waals surface area contributed by atoms with E-state index in [1.54, 1.807) is 7.11 Å². The number of nitrogens with zero attached hydrogens (tertiary/aromatic N) is 1. The Kier molecular flexibility index (Phi) is 7.89.